The molecule has 0 saturated carbocycles. The van der Waals surface area contributed by atoms with Crippen LogP contribution in [0.5, 0.6) is 0 Å². The summed E-state index contributed by atoms with van der Waals surface area (Å²) in [7, 11) is 0. The molecule has 0 saturated heterocycles. The van der Waals surface area contributed by atoms with Crippen LogP contribution in [0.2, 0.25) is 10.0 Å². The Balaban J connectivity index is 2.32. The van der Waals surface area contributed by atoms with Gasteiger partial charge in [-0.2, -0.15) is 0 Å². The van der Waals surface area contributed by atoms with Gasteiger partial charge >= 0.3 is 0 Å². The Bertz CT molecular complexity index is 650. The van der Waals surface area contributed by atoms with Gasteiger partial charge in [0, 0.05) is 11.8 Å². The van der Waals surface area contributed by atoms with E-state index in [1.807, 2.05) is 22.6 Å². The summed E-state index contributed by atoms with van der Waals surface area (Å²) in [5.74, 6) is 0. The number of nitro groups is 1. The van der Waals surface area contributed by atoms with E-state index in [2.05, 4.69) is 5.32 Å². The van der Waals surface area contributed by atoms with Crippen molar-refractivity contribution in [2.45, 2.75) is 0 Å². The SMILES string of the molecule is O=[N+]([O-])c1ccc(Nc2cccc(Cl)c2Cl)cc1I. The van der Waals surface area contributed by atoms with Gasteiger partial charge in [-0.1, -0.05) is 29.3 Å². The predicted molar refractivity (Wildman–Crippen MR) is 85.6 cm³/mol. The summed E-state index contributed by atoms with van der Waals surface area (Å²) >= 11 is 13.9. The third kappa shape index (κ3) is 3.29. The molecule has 0 aliphatic heterocycles. The summed E-state index contributed by atoms with van der Waals surface area (Å²) in [5, 5.41) is 14.7. The third-order valence-electron chi connectivity index (χ3n) is 2.37. The predicted octanol–water partition coefficient (Wildman–Crippen LogP) is 5.25. The molecule has 0 heterocycles. The van der Waals surface area contributed by atoms with Gasteiger partial charge in [0.05, 0.1) is 24.2 Å². The number of anilines is 2. The fourth-order valence-electron chi connectivity index (χ4n) is 1.49. The van der Waals surface area contributed by atoms with Gasteiger partial charge in [0.25, 0.3) is 5.69 Å². The van der Waals surface area contributed by atoms with Crippen molar-refractivity contribution in [2.75, 3.05) is 5.32 Å². The second kappa shape index (κ2) is 5.94. The van der Waals surface area contributed by atoms with Gasteiger partial charge in [0.2, 0.25) is 0 Å². The van der Waals surface area contributed by atoms with E-state index in [4.69, 9.17) is 23.2 Å². The molecular weight excluding hydrogens is 402 g/mol. The van der Waals surface area contributed by atoms with E-state index < -0.39 is 4.92 Å². The van der Waals surface area contributed by atoms with Crippen molar-refractivity contribution in [3.8, 4) is 0 Å². The van der Waals surface area contributed by atoms with Crippen molar-refractivity contribution in [3.63, 3.8) is 0 Å². The molecule has 0 atom stereocenters. The molecule has 0 spiro atoms. The van der Waals surface area contributed by atoms with E-state index in [1.54, 1.807) is 30.3 Å². The largest absolute Gasteiger partial charge is 0.354 e. The highest BCUT2D eigenvalue weighted by Crippen LogP contribution is 2.33. The summed E-state index contributed by atoms with van der Waals surface area (Å²) in [6, 6.07) is 9.99. The maximum Gasteiger partial charge on any atom is 0.282 e. The standard InChI is InChI=1S/C12H7Cl2IN2O2/c13-8-2-1-3-10(12(8)14)16-7-4-5-11(17(18)19)9(15)6-7/h1-6,16H. The van der Waals surface area contributed by atoms with Crippen LogP contribution in [0.4, 0.5) is 17.1 Å². The normalized spacial score (nSPS) is 10.3. The van der Waals surface area contributed by atoms with Gasteiger partial charge in [-0.3, -0.25) is 10.1 Å². The molecule has 19 heavy (non-hydrogen) atoms. The van der Waals surface area contributed by atoms with Crippen molar-refractivity contribution in [1.29, 1.82) is 0 Å². The monoisotopic (exact) mass is 408 g/mol. The fraction of sp³-hybridized carbons (Fsp3) is 0. The summed E-state index contributed by atoms with van der Waals surface area (Å²) < 4.78 is 0.547. The van der Waals surface area contributed by atoms with Gasteiger partial charge in [-0.25, -0.2) is 0 Å². The smallest absolute Gasteiger partial charge is 0.282 e. The summed E-state index contributed by atoms with van der Waals surface area (Å²) in [5.41, 5.74) is 1.43. The van der Waals surface area contributed by atoms with Gasteiger partial charge in [-0.15, -0.1) is 0 Å². The first-order chi connectivity index (χ1) is 8.99. The Morgan fingerprint density at radius 1 is 1.21 bits per heavy atom. The number of nitrogens with zero attached hydrogens (tertiary/aromatic N) is 1. The first-order valence-electron chi connectivity index (χ1n) is 5.14. The van der Waals surface area contributed by atoms with E-state index in [-0.39, 0.29) is 5.69 Å². The van der Waals surface area contributed by atoms with Gasteiger partial charge in [0.15, 0.2) is 0 Å². The Kier molecular flexibility index (Phi) is 4.49. The minimum Gasteiger partial charge on any atom is -0.354 e. The van der Waals surface area contributed by atoms with Crippen molar-refractivity contribution in [3.05, 3.63) is 60.1 Å². The molecular formula is C12H7Cl2IN2O2. The number of hydrogen-bond acceptors (Lipinski definition) is 3. The zero-order chi connectivity index (χ0) is 14.0. The number of rotatable bonds is 3. The van der Waals surface area contributed by atoms with Crippen LogP contribution in [-0.2, 0) is 0 Å². The minimum atomic E-state index is -0.419. The first-order valence-corrected chi connectivity index (χ1v) is 6.97. The van der Waals surface area contributed by atoms with Crippen LogP contribution in [-0.4, -0.2) is 4.92 Å². The molecule has 0 unspecified atom stereocenters. The number of benzene rings is 2. The van der Waals surface area contributed by atoms with Crippen LogP contribution in [0.1, 0.15) is 0 Å². The fourth-order valence-corrected chi connectivity index (χ4v) is 2.55. The third-order valence-corrected chi connectivity index (χ3v) is 4.06. The lowest BCUT2D eigenvalue weighted by molar-refractivity contribution is -0.385. The lowest BCUT2D eigenvalue weighted by Gasteiger charge is -2.09. The molecule has 0 bridgehead atoms. The number of nitro benzene ring substituents is 1. The molecule has 1 N–H and O–H groups in total. The van der Waals surface area contributed by atoms with E-state index >= 15 is 0 Å². The molecule has 2 aromatic rings. The molecule has 0 fully saturated rings. The van der Waals surface area contributed by atoms with E-state index in [0.29, 0.717) is 25.0 Å². The lowest BCUT2D eigenvalue weighted by atomic mass is 10.2. The average molecular weight is 409 g/mol. The van der Waals surface area contributed by atoms with E-state index in [1.165, 1.54) is 6.07 Å². The average Bonchev–Trinajstić information content (AvgIpc) is 2.34. The maximum atomic E-state index is 10.7. The molecule has 2 rings (SSSR count). The van der Waals surface area contributed by atoms with Gasteiger partial charge < -0.3 is 5.32 Å². The molecule has 0 aliphatic carbocycles. The van der Waals surface area contributed by atoms with Crippen molar-refractivity contribution < 1.29 is 4.92 Å². The van der Waals surface area contributed by atoms with E-state index in [0.717, 1.165) is 0 Å². The molecule has 0 aliphatic rings. The second-order valence-corrected chi connectivity index (χ2v) is 5.60. The molecule has 98 valence electrons. The first kappa shape index (κ1) is 14.4. The van der Waals surface area contributed by atoms with Crippen LogP contribution in [0, 0.1) is 13.7 Å². The topological polar surface area (TPSA) is 55.2 Å². The molecule has 4 nitrogen and oxygen atoms in total. The summed E-state index contributed by atoms with van der Waals surface area (Å²) in [4.78, 5) is 10.3. The highest BCUT2D eigenvalue weighted by Gasteiger charge is 2.12. The highest BCUT2D eigenvalue weighted by atomic mass is 127. The molecule has 0 radical (unpaired) electrons. The number of nitrogens with one attached hydrogen (secondary N) is 1. The van der Waals surface area contributed by atoms with Crippen LogP contribution < -0.4 is 5.32 Å². The van der Waals surface area contributed by atoms with Crippen LogP contribution in [0.3, 0.4) is 0 Å². The summed E-state index contributed by atoms with van der Waals surface area (Å²) in [6.45, 7) is 0. The highest BCUT2D eigenvalue weighted by molar-refractivity contribution is 14.1. The molecule has 0 aromatic heterocycles. The molecule has 7 heteroatoms. The molecule has 2 aromatic carbocycles. The van der Waals surface area contributed by atoms with Crippen LogP contribution >= 0.6 is 45.8 Å². The maximum absolute atomic E-state index is 10.7. The van der Waals surface area contributed by atoms with Crippen molar-refractivity contribution in [2.24, 2.45) is 0 Å². The Labute approximate surface area is 133 Å². The van der Waals surface area contributed by atoms with Crippen LogP contribution in [0.15, 0.2) is 36.4 Å². The Hall–Kier alpha value is -1.05. The Morgan fingerprint density at radius 3 is 2.58 bits per heavy atom. The number of hydrogen-bond donors (Lipinski definition) is 1. The van der Waals surface area contributed by atoms with Crippen LogP contribution in [0.25, 0.3) is 0 Å². The Morgan fingerprint density at radius 2 is 1.95 bits per heavy atom. The summed E-state index contributed by atoms with van der Waals surface area (Å²) in [6.07, 6.45) is 0. The van der Waals surface area contributed by atoms with E-state index in [9.17, 15) is 10.1 Å². The van der Waals surface area contributed by atoms with Gasteiger partial charge in [0.1, 0.15) is 0 Å². The minimum absolute atomic E-state index is 0.0725. The zero-order valence-electron chi connectivity index (χ0n) is 9.36. The second-order valence-electron chi connectivity index (χ2n) is 3.65. The zero-order valence-corrected chi connectivity index (χ0v) is 13.0. The van der Waals surface area contributed by atoms with Crippen molar-refractivity contribution >= 4 is 62.9 Å². The molecule has 0 amide bonds. The number of halogens is 3. The lowest BCUT2D eigenvalue weighted by Crippen LogP contribution is -1.95. The quantitative estimate of drug-likeness (QED) is 0.428. The van der Waals surface area contributed by atoms with Crippen molar-refractivity contribution in [1.82, 2.24) is 0 Å². The van der Waals surface area contributed by atoms with Gasteiger partial charge in [-0.05, 0) is 46.9 Å².